The fourth-order valence-corrected chi connectivity index (χ4v) is 1.67. The highest BCUT2D eigenvalue weighted by molar-refractivity contribution is 5.80. The van der Waals surface area contributed by atoms with Crippen LogP contribution >= 0.6 is 0 Å². The molecule has 1 aromatic rings. The van der Waals surface area contributed by atoms with E-state index in [1.54, 1.807) is 39.4 Å². The van der Waals surface area contributed by atoms with Crippen LogP contribution in [0.4, 0.5) is 4.79 Å². The van der Waals surface area contributed by atoms with Gasteiger partial charge in [-0.15, -0.1) is 0 Å². The first-order valence-corrected chi connectivity index (χ1v) is 6.04. The molecule has 0 saturated carbocycles. The van der Waals surface area contributed by atoms with E-state index in [4.69, 9.17) is 5.11 Å². The maximum Gasteiger partial charge on any atom is 0.323 e. The van der Waals surface area contributed by atoms with Crippen molar-refractivity contribution < 1.29 is 14.7 Å². The van der Waals surface area contributed by atoms with Crippen molar-refractivity contribution in [2.45, 2.75) is 26.4 Å². The molecule has 0 aromatic carbocycles. The van der Waals surface area contributed by atoms with Crippen LogP contribution in [-0.4, -0.2) is 51.5 Å². The first-order chi connectivity index (χ1) is 8.91. The number of amides is 2. The van der Waals surface area contributed by atoms with Crippen molar-refractivity contribution in [1.29, 1.82) is 0 Å². The number of nitrogens with zero attached hydrogens (tertiary/aromatic N) is 3. The van der Waals surface area contributed by atoms with Gasteiger partial charge < -0.3 is 14.9 Å². The highest BCUT2D eigenvalue weighted by Crippen LogP contribution is 2.07. The molecule has 0 aliphatic heterocycles. The van der Waals surface area contributed by atoms with Gasteiger partial charge in [-0.3, -0.25) is 9.78 Å². The summed E-state index contributed by atoms with van der Waals surface area (Å²) in [4.78, 5) is 29.8. The van der Waals surface area contributed by atoms with Crippen LogP contribution in [0.2, 0.25) is 0 Å². The van der Waals surface area contributed by atoms with E-state index in [2.05, 4.69) is 4.98 Å². The third-order valence-electron chi connectivity index (χ3n) is 2.64. The maximum absolute atomic E-state index is 12.2. The Hall–Kier alpha value is -2.11. The normalized spacial score (nSPS) is 10.3. The van der Waals surface area contributed by atoms with Gasteiger partial charge in [0.2, 0.25) is 0 Å². The zero-order valence-electron chi connectivity index (χ0n) is 11.4. The Kier molecular flexibility index (Phi) is 5.29. The van der Waals surface area contributed by atoms with Crippen LogP contribution in [0, 0.1) is 0 Å². The van der Waals surface area contributed by atoms with Gasteiger partial charge in [-0.1, -0.05) is 6.07 Å². The molecule has 0 unspecified atom stereocenters. The predicted molar refractivity (Wildman–Crippen MR) is 70.6 cm³/mol. The van der Waals surface area contributed by atoms with Crippen molar-refractivity contribution in [1.82, 2.24) is 14.8 Å². The zero-order valence-corrected chi connectivity index (χ0v) is 11.4. The van der Waals surface area contributed by atoms with Gasteiger partial charge in [0.15, 0.2) is 0 Å². The van der Waals surface area contributed by atoms with Crippen molar-refractivity contribution in [3.63, 3.8) is 0 Å². The van der Waals surface area contributed by atoms with E-state index in [1.807, 2.05) is 6.07 Å². The van der Waals surface area contributed by atoms with E-state index in [9.17, 15) is 9.59 Å². The Morgan fingerprint density at radius 1 is 1.42 bits per heavy atom. The van der Waals surface area contributed by atoms with Crippen molar-refractivity contribution in [2.75, 3.05) is 13.6 Å². The minimum absolute atomic E-state index is 0.167. The fraction of sp³-hybridized carbons (Fsp3) is 0.462. The maximum atomic E-state index is 12.2. The molecule has 0 saturated heterocycles. The molecule has 0 aliphatic carbocycles. The molecule has 0 aliphatic rings. The van der Waals surface area contributed by atoms with Crippen LogP contribution < -0.4 is 0 Å². The Morgan fingerprint density at radius 3 is 2.58 bits per heavy atom. The highest BCUT2D eigenvalue weighted by atomic mass is 16.4. The first kappa shape index (κ1) is 14.9. The van der Waals surface area contributed by atoms with Crippen LogP contribution in [0.3, 0.4) is 0 Å². The summed E-state index contributed by atoms with van der Waals surface area (Å²) in [6, 6.07) is 3.19. The number of hydrogen-bond acceptors (Lipinski definition) is 3. The number of pyridine rings is 1. The van der Waals surface area contributed by atoms with Crippen LogP contribution in [-0.2, 0) is 11.3 Å². The number of urea groups is 1. The van der Waals surface area contributed by atoms with E-state index in [1.165, 1.54) is 9.80 Å². The number of aliphatic carboxylic acids is 1. The fourth-order valence-electron chi connectivity index (χ4n) is 1.67. The minimum atomic E-state index is -1.02. The first-order valence-electron chi connectivity index (χ1n) is 6.04. The predicted octanol–water partition coefficient (Wildman–Crippen LogP) is 1.43. The summed E-state index contributed by atoms with van der Waals surface area (Å²) in [5.41, 5.74) is 0.900. The average Bonchev–Trinajstić information content (AvgIpc) is 2.35. The van der Waals surface area contributed by atoms with Crippen LogP contribution in [0.25, 0.3) is 0 Å². The second kappa shape index (κ2) is 6.72. The lowest BCUT2D eigenvalue weighted by Crippen LogP contribution is -2.46. The number of carboxylic acids is 1. The van der Waals surface area contributed by atoms with Crippen molar-refractivity contribution in [3.8, 4) is 0 Å². The standard InChI is InChI=1S/C13H19N3O3/c1-10(2)16(9-12(17)18)13(19)15(3)8-11-5-4-6-14-7-11/h4-7,10H,8-9H2,1-3H3,(H,17,18). The molecule has 19 heavy (non-hydrogen) atoms. The number of hydrogen-bond donors (Lipinski definition) is 1. The van der Waals surface area contributed by atoms with Crippen molar-refractivity contribution >= 4 is 12.0 Å². The van der Waals surface area contributed by atoms with Gasteiger partial charge in [-0.25, -0.2) is 4.79 Å². The van der Waals surface area contributed by atoms with E-state index in [0.29, 0.717) is 6.54 Å². The lowest BCUT2D eigenvalue weighted by Gasteiger charge is -2.30. The van der Waals surface area contributed by atoms with Gasteiger partial charge in [0.1, 0.15) is 6.54 Å². The number of carbonyl (C=O) groups is 2. The second-order valence-electron chi connectivity index (χ2n) is 4.62. The highest BCUT2D eigenvalue weighted by Gasteiger charge is 2.22. The Morgan fingerprint density at radius 2 is 2.11 bits per heavy atom. The summed E-state index contributed by atoms with van der Waals surface area (Å²) in [5, 5.41) is 8.83. The molecular weight excluding hydrogens is 246 g/mol. The lowest BCUT2D eigenvalue weighted by atomic mass is 10.2. The largest absolute Gasteiger partial charge is 0.480 e. The van der Waals surface area contributed by atoms with Crippen LogP contribution in [0.5, 0.6) is 0 Å². The zero-order chi connectivity index (χ0) is 14.4. The van der Waals surface area contributed by atoms with Crippen molar-refractivity contribution in [3.05, 3.63) is 30.1 Å². The molecule has 0 radical (unpaired) electrons. The quantitative estimate of drug-likeness (QED) is 0.874. The van der Waals surface area contributed by atoms with Gasteiger partial charge in [0.05, 0.1) is 0 Å². The Labute approximate surface area is 112 Å². The monoisotopic (exact) mass is 265 g/mol. The second-order valence-corrected chi connectivity index (χ2v) is 4.62. The minimum Gasteiger partial charge on any atom is -0.480 e. The molecule has 2 amide bonds. The lowest BCUT2D eigenvalue weighted by molar-refractivity contribution is -0.138. The molecule has 6 nitrogen and oxygen atoms in total. The van der Waals surface area contributed by atoms with Gasteiger partial charge in [0.25, 0.3) is 0 Å². The van der Waals surface area contributed by atoms with Gasteiger partial charge in [-0.2, -0.15) is 0 Å². The summed E-state index contributed by atoms with van der Waals surface area (Å²) in [6.07, 6.45) is 3.34. The SMILES string of the molecule is CC(C)N(CC(=O)O)C(=O)N(C)Cc1cccnc1. The summed E-state index contributed by atoms with van der Waals surface area (Å²) < 4.78 is 0. The van der Waals surface area contributed by atoms with E-state index in [-0.39, 0.29) is 18.6 Å². The molecule has 1 N–H and O–H groups in total. The van der Waals surface area contributed by atoms with Crippen molar-refractivity contribution in [2.24, 2.45) is 0 Å². The van der Waals surface area contributed by atoms with Crippen LogP contribution in [0.15, 0.2) is 24.5 Å². The summed E-state index contributed by atoms with van der Waals surface area (Å²) >= 11 is 0. The molecule has 0 bridgehead atoms. The molecular formula is C13H19N3O3. The Bertz CT molecular complexity index is 434. The number of carbonyl (C=O) groups excluding carboxylic acids is 1. The summed E-state index contributed by atoms with van der Waals surface area (Å²) in [5.74, 6) is -1.02. The molecule has 104 valence electrons. The van der Waals surface area contributed by atoms with E-state index >= 15 is 0 Å². The molecule has 1 aromatic heterocycles. The average molecular weight is 265 g/mol. The van der Waals surface area contributed by atoms with Gasteiger partial charge in [-0.05, 0) is 25.5 Å². The molecule has 0 atom stereocenters. The number of rotatable bonds is 5. The number of aromatic nitrogens is 1. The topological polar surface area (TPSA) is 73.7 Å². The molecule has 0 fully saturated rings. The molecule has 1 rings (SSSR count). The van der Waals surface area contributed by atoms with Gasteiger partial charge in [0, 0.05) is 32.0 Å². The summed E-state index contributed by atoms with van der Waals surface area (Å²) in [6.45, 7) is 3.68. The third-order valence-corrected chi connectivity index (χ3v) is 2.64. The van der Waals surface area contributed by atoms with E-state index in [0.717, 1.165) is 5.56 Å². The van der Waals surface area contributed by atoms with Gasteiger partial charge >= 0.3 is 12.0 Å². The van der Waals surface area contributed by atoms with Crippen LogP contribution in [0.1, 0.15) is 19.4 Å². The Balaban J connectivity index is 2.71. The molecule has 6 heteroatoms. The molecule has 1 heterocycles. The summed E-state index contributed by atoms with van der Waals surface area (Å²) in [7, 11) is 1.65. The van der Waals surface area contributed by atoms with E-state index < -0.39 is 5.97 Å². The smallest absolute Gasteiger partial charge is 0.323 e. The molecule has 0 spiro atoms. The number of carboxylic acid groups (broad SMARTS) is 1. The third kappa shape index (κ3) is 4.57.